The lowest BCUT2D eigenvalue weighted by molar-refractivity contribution is 0.322. The minimum absolute atomic E-state index is 0.0755. The van der Waals surface area contributed by atoms with Gasteiger partial charge in [-0.3, -0.25) is 0 Å². The first-order chi connectivity index (χ1) is 5.88. The Labute approximate surface area is 74.3 Å². The fourth-order valence-electron chi connectivity index (χ4n) is 0.650. The predicted molar refractivity (Wildman–Crippen MR) is 44.6 cm³/mol. The van der Waals surface area contributed by atoms with Crippen LogP contribution < -0.4 is 0 Å². The van der Waals surface area contributed by atoms with Crippen molar-refractivity contribution in [3.63, 3.8) is 0 Å². The number of aliphatic hydroxyl groups is 1. The molecule has 0 amide bonds. The molecule has 1 aromatic rings. The lowest BCUT2D eigenvalue weighted by Crippen LogP contribution is -1.93. The van der Waals surface area contributed by atoms with Crippen molar-refractivity contribution < 1.29 is 5.11 Å². The van der Waals surface area contributed by atoms with Crippen molar-refractivity contribution >= 4 is 11.8 Å². The van der Waals surface area contributed by atoms with E-state index in [0.717, 1.165) is 0 Å². The second kappa shape index (κ2) is 4.70. The quantitative estimate of drug-likeness (QED) is 0.685. The molecule has 5 heteroatoms. The van der Waals surface area contributed by atoms with Crippen molar-refractivity contribution in [1.29, 1.82) is 5.26 Å². The van der Waals surface area contributed by atoms with Crippen molar-refractivity contribution in [2.45, 2.75) is 5.03 Å². The van der Waals surface area contributed by atoms with E-state index >= 15 is 0 Å². The van der Waals surface area contributed by atoms with Crippen LogP contribution in [0.2, 0.25) is 0 Å². The topological polar surface area (TPSA) is 69.8 Å². The summed E-state index contributed by atoms with van der Waals surface area (Å²) in [5, 5.41) is 17.7. The summed E-state index contributed by atoms with van der Waals surface area (Å²) in [6.45, 7) is 0.0755. The minimum Gasteiger partial charge on any atom is -0.396 e. The highest BCUT2D eigenvalue weighted by Crippen LogP contribution is 2.16. The molecule has 1 heterocycles. The smallest absolute Gasteiger partial charge is 0.172 e. The van der Waals surface area contributed by atoms with E-state index < -0.39 is 0 Å². The molecule has 1 rings (SSSR count). The number of nitrogens with zero attached hydrogens (tertiary/aromatic N) is 3. The zero-order valence-corrected chi connectivity index (χ0v) is 7.08. The third-order valence-corrected chi connectivity index (χ3v) is 2.06. The molecule has 0 aliphatic heterocycles. The van der Waals surface area contributed by atoms with Gasteiger partial charge < -0.3 is 5.11 Å². The zero-order chi connectivity index (χ0) is 8.81. The molecular formula is C7H7N3OS. The van der Waals surface area contributed by atoms with E-state index in [2.05, 4.69) is 9.97 Å². The number of thioether (sulfide) groups is 1. The molecule has 0 aromatic carbocycles. The maximum Gasteiger partial charge on any atom is 0.172 e. The van der Waals surface area contributed by atoms with Crippen LogP contribution in [0.4, 0.5) is 0 Å². The lowest BCUT2D eigenvalue weighted by Gasteiger charge is -1.97. The second-order valence-electron chi connectivity index (χ2n) is 1.89. The van der Waals surface area contributed by atoms with E-state index in [-0.39, 0.29) is 6.61 Å². The molecule has 0 fully saturated rings. The molecule has 12 heavy (non-hydrogen) atoms. The van der Waals surface area contributed by atoms with Crippen LogP contribution in [0.15, 0.2) is 17.4 Å². The molecular weight excluding hydrogens is 174 g/mol. The Balaban J connectivity index is 2.77. The SMILES string of the molecule is N#Cc1nccnc1SCCO. The van der Waals surface area contributed by atoms with Crippen molar-refractivity contribution in [2.75, 3.05) is 12.4 Å². The highest BCUT2D eigenvalue weighted by molar-refractivity contribution is 7.99. The molecule has 0 spiro atoms. The number of hydrogen-bond acceptors (Lipinski definition) is 5. The Bertz CT molecular complexity index is 297. The fraction of sp³-hybridized carbons (Fsp3) is 0.286. The number of nitriles is 1. The van der Waals surface area contributed by atoms with E-state index in [4.69, 9.17) is 10.4 Å². The summed E-state index contributed by atoms with van der Waals surface area (Å²) in [6.07, 6.45) is 3.00. The Morgan fingerprint density at radius 2 is 2.25 bits per heavy atom. The van der Waals surface area contributed by atoms with Gasteiger partial charge in [-0.2, -0.15) is 5.26 Å². The van der Waals surface area contributed by atoms with Crippen LogP contribution in [0.1, 0.15) is 5.69 Å². The average molecular weight is 181 g/mol. The average Bonchev–Trinajstić information content (AvgIpc) is 2.15. The number of aromatic nitrogens is 2. The molecule has 1 N–H and O–H groups in total. The van der Waals surface area contributed by atoms with Crippen molar-refractivity contribution in [3.05, 3.63) is 18.1 Å². The fourth-order valence-corrected chi connectivity index (χ4v) is 1.30. The summed E-state index contributed by atoms with van der Waals surface area (Å²) in [4.78, 5) is 7.78. The summed E-state index contributed by atoms with van der Waals surface area (Å²) in [7, 11) is 0. The van der Waals surface area contributed by atoms with Crippen LogP contribution in [0.3, 0.4) is 0 Å². The Kier molecular flexibility index (Phi) is 3.51. The molecule has 0 aliphatic rings. The van der Waals surface area contributed by atoms with E-state index in [9.17, 15) is 0 Å². The van der Waals surface area contributed by atoms with Gasteiger partial charge in [0.2, 0.25) is 0 Å². The Hall–Kier alpha value is -1.12. The molecule has 0 saturated heterocycles. The van der Waals surface area contributed by atoms with Crippen LogP contribution in [-0.4, -0.2) is 27.4 Å². The molecule has 0 saturated carbocycles. The number of aliphatic hydroxyl groups excluding tert-OH is 1. The highest BCUT2D eigenvalue weighted by Gasteiger charge is 2.02. The lowest BCUT2D eigenvalue weighted by atomic mass is 10.5. The summed E-state index contributed by atoms with van der Waals surface area (Å²) in [5.41, 5.74) is 0.316. The van der Waals surface area contributed by atoms with Gasteiger partial charge in [0, 0.05) is 18.1 Å². The third kappa shape index (κ3) is 2.19. The molecule has 4 nitrogen and oxygen atoms in total. The van der Waals surface area contributed by atoms with Gasteiger partial charge in [-0.1, -0.05) is 0 Å². The molecule has 0 aliphatic carbocycles. The van der Waals surface area contributed by atoms with Gasteiger partial charge in [0.15, 0.2) is 5.69 Å². The van der Waals surface area contributed by atoms with Crippen LogP contribution in [-0.2, 0) is 0 Å². The third-order valence-electron chi connectivity index (χ3n) is 1.10. The normalized spacial score (nSPS) is 9.33. The molecule has 1 aromatic heterocycles. The van der Waals surface area contributed by atoms with Gasteiger partial charge in [0.05, 0.1) is 6.61 Å². The predicted octanol–water partition coefficient (Wildman–Crippen LogP) is 0.433. The monoisotopic (exact) mass is 181 g/mol. The van der Waals surface area contributed by atoms with E-state index in [1.165, 1.54) is 24.2 Å². The Morgan fingerprint density at radius 1 is 1.50 bits per heavy atom. The van der Waals surface area contributed by atoms with Gasteiger partial charge in [-0.25, -0.2) is 9.97 Å². The van der Waals surface area contributed by atoms with E-state index in [1.807, 2.05) is 6.07 Å². The summed E-state index contributed by atoms with van der Waals surface area (Å²) < 4.78 is 0. The molecule has 0 unspecified atom stereocenters. The van der Waals surface area contributed by atoms with Crippen molar-refractivity contribution in [3.8, 4) is 6.07 Å². The van der Waals surface area contributed by atoms with Gasteiger partial charge >= 0.3 is 0 Å². The maximum atomic E-state index is 8.59. The van der Waals surface area contributed by atoms with E-state index in [1.54, 1.807) is 0 Å². The molecule has 0 bridgehead atoms. The highest BCUT2D eigenvalue weighted by atomic mass is 32.2. The first kappa shape index (κ1) is 8.97. The van der Waals surface area contributed by atoms with Gasteiger partial charge in [-0.05, 0) is 0 Å². The first-order valence-electron chi connectivity index (χ1n) is 3.33. The minimum atomic E-state index is 0.0755. The molecule has 0 atom stereocenters. The Morgan fingerprint density at radius 3 is 2.92 bits per heavy atom. The van der Waals surface area contributed by atoms with Crippen LogP contribution in [0, 0.1) is 11.3 Å². The zero-order valence-electron chi connectivity index (χ0n) is 6.27. The van der Waals surface area contributed by atoms with Crippen LogP contribution >= 0.6 is 11.8 Å². The van der Waals surface area contributed by atoms with Crippen molar-refractivity contribution in [1.82, 2.24) is 9.97 Å². The van der Waals surface area contributed by atoms with E-state index in [0.29, 0.717) is 16.5 Å². The summed E-state index contributed by atoms with van der Waals surface area (Å²) in [5.74, 6) is 0.535. The molecule has 62 valence electrons. The second-order valence-corrected chi connectivity index (χ2v) is 2.98. The van der Waals surface area contributed by atoms with Gasteiger partial charge in [0.25, 0.3) is 0 Å². The number of hydrogen-bond donors (Lipinski definition) is 1. The summed E-state index contributed by atoms with van der Waals surface area (Å²) >= 11 is 1.33. The number of rotatable bonds is 3. The summed E-state index contributed by atoms with van der Waals surface area (Å²) in [6, 6.07) is 1.93. The first-order valence-corrected chi connectivity index (χ1v) is 4.32. The maximum absolute atomic E-state index is 8.59. The molecule has 0 radical (unpaired) electrons. The largest absolute Gasteiger partial charge is 0.396 e. The standard InChI is InChI=1S/C7H7N3OS/c8-5-6-7(12-4-3-11)10-2-1-9-6/h1-2,11H,3-4H2. The van der Waals surface area contributed by atoms with Crippen LogP contribution in [0.25, 0.3) is 0 Å². The van der Waals surface area contributed by atoms with Gasteiger partial charge in [-0.15, -0.1) is 11.8 Å². The van der Waals surface area contributed by atoms with Crippen LogP contribution in [0.5, 0.6) is 0 Å². The van der Waals surface area contributed by atoms with Gasteiger partial charge in [0.1, 0.15) is 11.1 Å². The van der Waals surface area contributed by atoms with Crippen molar-refractivity contribution in [2.24, 2.45) is 0 Å².